The van der Waals surface area contributed by atoms with E-state index in [0.29, 0.717) is 0 Å². The monoisotopic (exact) mass is 272 g/mol. The van der Waals surface area contributed by atoms with Gasteiger partial charge in [0.05, 0.1) is 7.11 Å². The number of hydrogen-bond donors (Lipinski definition) is 1. The molecule has 2 fully saturated rings. The lowest BCUT2D eigenvalue weighted by atomic mass is 9.87. The molecule has 3 nitrogen and oxygen atoms in total. The number of nitrogens with one attached hydrogen (secondary N) is 1. The van der Waals surface area contributed by atoms with Crippen LogP contribution >= 0.6 is 0 Å². The van der Waals surface area contributed by atoms with Crippen LogP contribution in [0.4, 0.5) is 0 Å². The average Bonchev–Trinajstić information content (AvgIpc) is 3.07. The summed E-state index contributed by atoms with van der Waals surface area (Å²) < 4.78 is 5.38. The second-order valence-corrected chi connectivity index (χ2v) is 6.66. The maximum atomic E-state index is 5.38. The van der Waals surface area contributed by atoms with Crippen LogP contribution in [-0.2, 0) is 12.8 Å². The molecule has 3 unspecified atom stereocenters. The van der Waals surface area contributed by atoms with E-state index in [4.69, 9.17) is 4.74 Å². The van der Waals surface area contributed by atoms with Crippen molar-refractivity contribution in [3.05, 3.63) is 29.3 Å². The zero-order chi connectivity index (χ0) is 13.5. The van der Waals surface area contributed by atoms with Gasteiger partial charge in [-0.2, -0.15) is 0 Å². The van der Waals surface area contributed by atoms with E-state index < -0.39 is 0 Å². The SMILES string of the molecule is COc1ccc2c(c1)CC(N1CC3CNCC3C1)CC2. The van der Waals surface area contributed by atoms with Gasteiger partial charge in [0, 0.05) is 19.1 Å². The van der Waals surface area contributed by atoms with Gasteiger partial charge < -0.3 is 10.1 Å². The number of benzene rings is 1. The summed E-state index contributed by atoms with van der Waals surface area (Å²) in [5.74, 6) is 2.82. The summed E-state index contributed by atoms with van der Waals surface area (Å²) in [5.41, 5.74) is 3.04. The first-order chi connectivity index (χ1) is 9.83. The molecule has 1 aliphatic carbocycles. The maximum absolute atomic E-state index is 5.38. The van der Waals surface area contributed by atoms with Crippen LogP contribution in [0.5, 0.6) is 5.75 Å². The molecule has 0 radical (unpaired) electrons. The molecule has 20 heavy (non-hydrogen) atoms. The van der Waals surface area contributed by atoms with E-state index in [0.717, 1.165) is 23.6 Å². The van der Waals surface area contributed by atoms with Crippen LogP contribution in [0.1, 0.15) is 17.5 Å². The molecule has 3 aliphatic rings. The molecule has 1 aromatic rings. The molecule has 1 aromatic carbocycles. The molecule has 2 saturated heterocycles. The van der Waals surface area contributed by atoms with Crippen molar-refractivity contribution in [1.29, 1.82) is 0 Å². The third-order valence-corrected chi connectivity index (χ3v) is 5.55. The molecule has 3 atom stereocenters. The number of likely N-dealkylation sites (tertiary alicyclic amines) is 1. The number of aryl methyl sites for hydroxylation is 1. The normalized spacial score (nSPS) is 33.0. The van der Waals surface area contributed by atoms with Crippen LogP contribution in [0.3, 0.4) is 0 Å². The Balaban J connectivity index is 1.49. The first-order valence-corrected chi connectivity index (χ1v) is 7.94. The fraction of sp³-hybridized carbons (Fsp3) is 0.647. The molecular weight excluding hydrogens is 248 g/mol. The predicted molar refractivity (Wildman–Crippen MR) is 80.2 cm³/mol. The second kappa shape index (κ2) is 5.05. The number of hydrogen-bond acceptors (Lipinski definition) is 3. The summed E-state index contributed by atoms with van der Waals surface area (Å²) in [4.78, 5) is 2.76. The smallest absolute Gasteiger partial charge is 0.119 e. The van der Waals surface area contributed by atoms with Crippen molar-refractivity contribution >= 4 is 0 Å². The summed E-state index contributed by atoms with van der Waals surface area (Å²) in [6.45, 7) is 5.08. The summed E-state index contributed by atoms with van der Waals surface area (Å²) >= 11 is 0. The first kappa shape index (κ1) is 12.7. The highest BCUT2D eigenvalue weighted by atomic mass is 16.5. The summed E-state index contributed by atoms with van der Waals surface area (Å²) in [6.07, 6.45) is 3.76. The van der Waals surface area contributed by atoms with Crippen molar-refractivity contribution in [2.24, 2.45) is 11.8 Å². The van der Waals surface area contributed by atoms with Gasteiger partial charge in [-0.3, -0.25) is 4.90 Å². The highest BCUT2D eigenvalue weighted by Gasteiger charge is 2.39. The molecule has 4 rings (SSSR count). The van der Waals surface area contributed by atoms with Gasteiger partial charge in [0.25, 0.3) is 0 Å². The van der Waals surface area contributed by atoms with Crippen LogP contribution in [0.25, 0.3) is 0 Å². The fourth-order valence-corrected chi connectivity index (χ4v) is 4.34. The number of methoxy groups -OCH3 is 1. The number of fused-ring (bicyclic) bond motifs is 2. The topological polar surface area (TPSA) is 24.5 Å². The van der Waals surface area contributed by atoms with E-state index in [1.165, 1.54) is 56.6 Å². The Morgan fingerprint density at radius 3 is 2.70 bits per heavy atom. The minimum atomic E-state index is 0.750. The molecular formula is C17H24N2O. The molecule has 1 N–H and O–H groups in total. The lowest BCUT2D eigenvalue weighted by Crippen LogP contribution is -2.39. The molecule has 0 spiro atoms. The molecule has 108 valence electrons. The van der Waals surface area contributed by atoms with E-state index in [1.807, 2.05) is 0 Å². The maximum Gasteiger partial charge on any atom is 0.119 e. The van der Waals surface area contributed by atoms with Gasteiger partial charge in [0.15, 0.2) is 0 Å². The molecule has 2 aliphatic heterocycles. The lowest BCUT2D eigenvalue weighted by Gasteiger charge is -2.33. The zero-order valence-corrected chi connectivity index (χ0v) is 12.3. The van der Waals surface area contributed by atoms with Crippen molar-refractivity contribution in [3.63, 3.8) is 0 Å². The average molecular weight is 272 g/mol. The van der Waals surface area contributed by atoms with E-state index in [1.54, 1.807) is 7.11 Å². The molecule has 3 heteroatoms. The van der Waals surface area contributed by atoms with Gasteiger partial charge in [-0.1, -0.05) is 6.07 Å². The van der Waals surface area contributed by atoms with Crippen LogP contribution < -0.4 is 10.1 Å². The number of ether oxygens (including phenoxy) is 1. The molecule has 0 saturated carbocycles. The van der Waals surface area contributed by atoms with Crippen molar-refractivity contribution in [1.82, 2.24) is 10.2 Å². The number of nitrogens with zero attached hydrogens (tertiary/aromatic N) is 1. The Morgan fingerprint density at radius 1 is 1.15 bits per heavy atom. The fourth-order valence-electron chi connectivity index (χ4n) is 4.34. The molecule has 0 amide bonds. The van der Waals surface area contributed by atoms with Crippen molar-refractivity contribution < 1.29 is 4.74 Å². The van der Waals surface area contributed by atoms with E-state index in [9.17, 15) is 0 Å². The van der Waals surface area contributed by atoms with Crippen molar-refractivity contribution in [3.8, 4) is 5.75 Å². The Morgan fingerprint density at radius 2 is 1.95 bits per heavy atom. The third kappa shape index (κ3) is 2.13. The van der Waals surface area contributed by atoms with E-state index in [-0.39, 0.29) is 0 Å². The van der Waals surface area contributed by atoms with Gasteiger partial charge in [0.2, 0.25) is 0 Å². The second-order valence-electron chi connectivity index (χ2n) is 6.66. The highest BCUT2D eigenvalue weighted by Crippen LogP contribution is 2.33. The summed E-state index contributed by atoms with van der Waals surface area (Å²) in [5, 5.41) is 3.54. The minimum absolute atomic E-state index is 0.750. The minimum Gasteiger partial charge on any atom is -0.497 e. The Labute approximate surface area is 121 Å². The van der Waals surface area contributed by atoms with Crippen LogP contribution in [0, 0.1) is 11.8 Å². The number of rotatable bonds is 2. The van der Waals surface area contributed by atoms with Gasteiger partial charge in [-0.05, 0) is 67.4 Å². The Bertz CT molecular complexity index is 490. The van der Waals surface area contributed by atoms with Crippen molar-refractivity contribution in [2.45, 2.75) is 25.3 Å². The van der Waals surface area contributed by atoms with Gasteiger partial charge >= 0.3 is 0 Å². The first-order valence-electron chi connectivity index (χ1n) is 7.94. The Hall–Kier alpha value is -1.06. The summed E-state index contributed by atoms with van der Waals surface area (Å²) in [6, 6.07) is 7.36. The standard InChI is InChI=1S/C17H24N2O/c1-20-17-5-3-12-2-4-16(6-13(12)7-17)19-10-14-8-18-9-15(14)11-19/h3,5,7,14-16,18H,2,4,6,8-11H2,1H3. The van der Waals surface area contributed by atoms with Crippen molar-refractivity contribution in [2.75, 3.05) is 33.3 Å². The van der Waals surface area contributed by atoms with Gasteiger partial charge in [-0.15, -0.1) is 0 Å². The van der Waals surface area contributed by atoms with E-state index >= 15 is 0 Å². The largest absolute Gasteiger partial charge is 0.497 e. The van der Waals surface area contributed by atoms with Crippen LogP contribution in [0.15, 0.2) is 18.2 Å². The lowest BCUT2D eigenvalue weighted by molar-refractivity contribution is 0.207. The third-order valence-electron chi connectivity index (χ3n) is 5.55. The zero-order valence-electron chi connectivity index (χ0n) is 12.3. The van der Waals surface area contributed by atoms with Gasteiger partial charge in [0.1, 0.15) is 5.75 Å². The Kier molecular flexibility index (Phi) is 3.20. The molecule has 0 bridgehead atoms. The molecule has 2 heterocycles. The predicted octanol–water partition coefficient (Wildman–Crippen LogP) is 1.70. The molecule has 0 aromatic heterocycles. The van der Waals surface area contributed by atoms with Gasteiger partial charge in [-0.25, -0.2) is 0 Å². The summed E-state index contributed by atoms with van der Waals surface area (Å²) in [7, 11) is 1.76. The van der Waals surface area contributed by atoms with Crippen LogP contribution in [0.2, 0.25) is 0 Å². The highest BCUT2D eigenvalue weighted by molar-refractivity contribution is 5.38. The quantitative estimate of drug-likeness (QED) is 0.887. The van der Waals surface area contributed by atoms with E-state index in [2.05, 4.69) is 28.4 Å². The van der Waals surface area contributed by atoms with Crippen LogP contribution in [-0.4, -0.2) is 44.2 Å².